The minimum absolute atomic E-state index is 0.0417. The lowest BCUT2D eigenvalue weighted by atomic mass is 10.3. The van der Waals surface area contributed by atoms with Gasteiger partial charge in [0.25, 0.3) is 0 Å². The van der Waals surface area contributed by atoms with Gasteiger partial charge in [-0.05, 0) is 31.2 Å². The number of anilines is 2. The lowest BCUT2D eigenvalue weighted by Crippen LogP contribution is -2.11. The number of nitrogens with two attached hydrogens (primary N) is 1. The Balaban J connectivity index is 1.97. The Morgan fingerprint density at radius 1 is 1.32 bits per heavy atom. The number of hydrogen-bond acceptors (Lipinski definition) is 7. The normalized spacial score (nSPS) is 17.4. The van der Waals surface area contributed by atoms with Crippen LogP contribution in [0.2, 0.25) is 0 Å². The first-order valence-electron chi connectivity index (χ1n) is 6.72. The molecule has 1 fully saturated rings. The lowest BCUT2D eigenvalue weighted by molar-refractivity contribution is 0.414. The van der Waals surface area contributed by atoms with E-state index >= 15 is 0 Å². The molecule has 0 amide bonds. The van der Waals surface area contributed by atoms with Crippen LogP contribution in [0.25, 0.3) is 0 Å². The molecule has 2 aromatic rings. The average molecular weight is 320 g/mol. The average Bonchev–Trinajstić information content (AvgIpc) is 3.24. The molecule has 8 heteroatoms. The Bertz CT molecular complexity index is 805. The highest BCUT2D eigenvalue weighted by Gasteiger charge is 2.33. The molecule has 1 atom stereocenters. The summed E-state index contributed by atoms with van der Waals surface area (Å²) in [5.74, 6) is 0.993. The zero-order valence-electron chi connectivity index (χ0n) is 12.2. The summed E-state index contributed by atoms with van der Waals surface area (Å²) in [4.78, 5) is 10.2. The predicted octanol–water partition coefficient (Wildman–Crippen LogP) is 1.11. The molecule has 0 radical (unpaired) electrons. The number of sulfone groups is 1. The maximum Gasteiger partial charge on any atom is 0.227 e. The minimum atomic E-state index is -3.75. The van der Waals surface area contributed by atoms with Crippen molar-refractivity contribution in [1.82, 2.24) is 9.97 Å². The van der Waals surface area contributed by atoms with Gasteiger partial charge in [-0.15, -0.1) is 0 Å². The third-order valence-corrected chi connectivity index (χ3v) is 5.33. The van der Waals surface area contributed by atoms with Crippen LogP contribution in [0, 0.1) is 0 Å². The van der Waals surface area contributed by atoms with Crippen LogP contribution in [0.1, 0.15) is 6.92 Å². The van der Waals surface area contributed by atoms with Crippen LogP contribution in [0.15, 0.2) is 40.3 Å². The van der Waals surface area contributed by atoms with Gasteiger partial charge in [-0.3, -0.25) is 0 Å². The second-order valence-corrected chi connectivity index (χ2v) is 7.02. The van der Waals surface area contributed by atoms with E-state index in [2.05, 4.69) is 9.97 Å². The first-order chi connectivity index (χ1) is 10.4. The number of hydrogen-bond donors (Lipinski definition) is 1. The van der Waals surface area contributed by atoms with Gasteiger partial charge in [0.05, 0.1) is 18.2 Å². The van der Waals surface area contributed by atoms with Gasteiger partial charge < -0.3 is 15.4 Å². The standard InChI is InChI=1S/C14H16N4O3S/c1-9-8-18(9)14-16-7-12(13(15)17-14)22(19,20)11-5-3-10(21-2)4-6-11/h3-7,9H,8H2,1-2H3,(H2,15,16,17). The second kappa shape index (κ2) is 5.13. The van der Waals surface area contributed by atoms with Crippen LogP contribution in [0.5, 0.6) is 5.75 Å². The maximum absolute atomic E-state index is 12.6. The van der Waals surface area contributed by atoms with Gasteiger partial charge in [-0.1, -0.05) is 0 Å². The summed E-state index contributed by atoms with van der Waals surface area (Å²) in [7, 11) is -2.24. The van der Waals surface area contributed by atoms with E-state index in [0.717, 1.165) is 6.54 Å². The monoisotopic (exact) mass is 320 g/mol. The smallest absolute Gasteiger partial charge is 0.227 e. The molecule has 2 heterocycles. The van der Waals surface area contributed by atoms with E-state index < -0.39 is 9.84 Å². The number of benzene rings is 1. The summed E-state index contributed by atoms with van der Waals surface area (Å²) in [6.45, 7) is 2.88. The van der Waals surface area contributed by atoms with Crippen LogP contribution in [0.4, 0.5) is 11.8 Å². The Kier molecular flexibility index (Phi) is 3.40. The molecule has 0 spiro atoms. The van der Waals surface area contributed by atoms with E-state index in [1.165, 1.54) is 25.4 Å². The van der Waals surface area contributed by atoms with E-state index in [1.54, 1.807) is 12.1 Å². The van der Waals surface area contributed by atoms with Crippen molar-refractivity contribution in [3.8, 4) is 5.75 Å². The van der Waals surface area contributed by atoms with Crippen molar-refractivity contribution in [2.75, 3.05) is 24.3 Å². The van der Waals surface area contributed by atoms with Crippen molar-refractivity contribution >= 4 is 21.6 Å². The summed E-state index contributed by atoms with van der Waals surface area (Å²) in [6.07, 6.45) is 1.27. The van der Waals surface area contributed by atoms with Crippen LogP contribution >= 0.6 is 0 Å². The highest BCUT2D eigenvalue weighted by atomic mass is 32.2. The van der Waals surface area contributed by atoms with Gasteiger partial charge in [-0.2, -0.15) is 4.98 Å². The molecule has 7 nitrogen and oxygen atoms in total. The highest BCUT2D eigenvalue weighted by Crippen LogP contribution is 2.29. The third-order valence-electron chi connectivity index (χ3n) is 3.55. The highest BCUT2D eigenvalue weighted by molar-refractivity contribution is 7.91. The summed E-state index contributed by atoms with van der Waals surface area (Å²) >= 11 is 0. The van der Waals surface area contributed by atoms with Crippen LogP contribution in [-0.2, 0) is 9.84 Å². The lowest BCUT2D eigenvalue weighted by Gasteiger charge is -2.09. The molecule has 1 unspecified atom stereocenters. The first kappa shape index (κ1) is 14.6. The molecule has 0 aliphatic carbocycles. The molecule has 1 aromatic heterocycles. The molecular formula is C14H16N4O3S. The first-order valence-corrected chi connectivity index (χ1v) is 8.20. The number of nitrogen functional groups attached to an aromatic ring is 1. The van der Waals surface area contributed by atoms with E-state index in [0.29, 0.717) is 17.7 Å². The SMILES string of the molecule is COc1ccc(S(=O)(=O)c2cnc(N3CC3C)nc2N)cc1. The molecule has 0 bridgehead atoms. The van der Waals surface area contributed by atoms with Crippen LogP contribution in [0.3, 0.4) is 0 Å². The van der Waals surface area contributed by atoms with E-state index in [1.807, 2.05) is 11.8 Å². The van der Waals surface area contributed by atoms with Crippen molar-refractivity contribution in [2.45, 2.75) is 22.8 Å². The van der Waals surface area contributed by atoms with Gasteiger partial charge in [0.1, 0.15) is 16.5 Å². The number of methoxy groups -OCH3 is 1. The number of ether oxygens (including phenoxy) is 1. The topological polar surface area (TPSA) is 98.2 Å². The Labute approximate surface area is 128 Å². The Hall–Kier alpha value is -2.35. The largest absolute Gasteiger partial charge is 0.497 e. The van der Waals surface area contributed by atoms with E-state index in [9.17, 15) is 8.42 Å². The van der Waals surface area contributed by atoms with Crippen molar-refractivity contribution in [3.63, 3.8) is 0 Å². The fourth-order valence-corrected chi connectivity index (χ4v) is 3.38. The molecular weight excluding hydrogens is 304 g/mol. The minimum Gasteiger partial charge on any atom is -0.497 e. The number of nitrogens with zero attached hydrogens (tertiary/aromatic N) is 3. The van der Waals surface area contributed by atoms with E-state index in [-0.39, 0.29) is 15.6 Å². The fraction of sp³-hybridized carbons (Fsp3) is 0.286. The van der Waals surface area contributed by atoms with Crippen molar-refractivity contribution in [3.05, 3.63) is 30.5 Å². The van der Waals surface area contributed by atoms with Crippen molar-refractivity contribution in [1.29, 1.82) is 0 Å². The molecule has 1 aliphatic rings. The Morgan fingerprint density at radius 3 is 2.45 bits per heavy atom. The number of rotatable bonds is 4. The molecule has 22 heavy (non-hydrogen) atoms. The van der Waals surface area contributed by atoms with Crippen LogP contribution in [-0.4, -0.2) is 38.1 Å². The molecule has 3 rings (SSSR count). The molecule has 0 saturated carbocycles. The summed E-state index contributed by atoms with van der Waals surface area (Å²) in [6, 6.07) is 6.46. The molecule has 1 aromatic carbocycles. The summed E-state index contributed by atoms with van der Waals surface area (Å²) < 4.78 is 30.2. The van der Waals surface area contributed by atoms with Crippen LogP contribution < -0.4 is 15.4 Å². The second-order valence-electron chi connectivity index (χ2n) is 5.10. The fourth-order valence-electron chi connectivity index (χ4n) is 2.12. The number of aromatic nitrogens is 2. The van der Waals surface area contributed by atoms with Gasteiger partial charge in [0.15, 0.2) is 0 Å². The summed E-state index contributed by atoms with van der Waals surface area (Å²) in [5, 5.41) is 0. The van der Waals surface area contributed by atoms with Gasteiger partial charge in [0.2, 0.25) is 15.8 Å². The molecule has 116 valence electrons. The molecule has 1 aliphatic heterocycles. The maximum atomic E-state index is 12.6. The zero-order chi connectivity index (χ0) is 15.9. The van der Waals surface area contributed by atoms with E-state index in [4.69, 9.17) is 10.5 Å². The Morgan fingerprint density at radius 2 is 1.95 bits per heavy atom. The van der Waals surface area contributed by atoms with Crippen molar-refractivity contribution in [2.24, 2.45) is 0 Å². The van der Waals surface area contributed by atoms with Gasteiger partial charge >= 0.3 is 0 Å². The third kappa shape index (κ3) is 2.45. The quantitative estimate of drug-likeness (QED) is 0.842. The summed E-state index contributed by atoms with van der Waals surface area (Å²) in [5.41, 5.74) is 5.83. The zero-order valence-corrected chi connectivity index (χ0v) is 13.0. The van der Waals surface area contributed by atoms with Gasteiger partial charge in [-0.25, -0.2) is 13.4 Å². The molecule has 1 saturated heterocycles. The van der Waals surface area contributed by atoms with Crippen molar-refractivity contribution < 1.29 is 13.2 Å². The van der Waals surface area contributed by atoms with Gasteiger partial charge in [0, 0.05) is 12.6 Å². The predicted molar refractivity (Wildman–Crippen MR) is 81.7 cm³/mol. The molecule has 2 N–H and O–H groups in total.